The monoisotopic (exact) mass is 240 g/mol. The SMILES string of the molecule is CCOCC(C)(CN)N1CCC2CCCCC21. The van der Waals surface area contributed by atoms with E-state index in [9.17, 15) is 0 Å². The highest BCUT2D eigenvalue weighted by Gasteiger charge is 2.43. The largest absolute Gasteiger partial charge is 0.380 e. The summed E-state index contributed by atoms with van der Waals surface area (Å²) in [6, 6.07) is 0.776. The highest BCUT2D eigenvalue weighted by molar-refractivity contribution is 4.99. The maximum absolute atomic E-state index is 6.03. The molecule has 17 heavy (non-hydrogen) atoms. The minimum atomic E-state index is 0.0484. The van der Waals surface area contributed by atoms with Crippen LogP contribution in [0.1, 0.15) is 46.0 Å². The van der Waals surface area contributed by atoms with E-state index in [-0.39, 0.29) is 5.54 Å². The lowest BCUT2D eigenvalue weighted by atomic mass is 9.84. The van der Waals surface area contributed by atoms with Crippen molar-refractivity contribution >= 4 is 0 Å². The topological polar surface area (TPSA) is 38.5 Å². The fraction of sp³-hybridized carbons (Fsp3) is 1.00. The standard InChI is InChI=1S/C14H28N2O/c1-3-17-11-14(2,10-15)16-9-8-12-6-4-5-7-13(12)16/h12-13H,3-11,15H2,1-2H3. The van der Waals surface area contributed by atoms with Crippen LogP contribution in [0.4, 0.5) is 0 Å². The van der Waals surface area contributed by atoms with Crippen LogP contribution in [-0.4, -0.2) is 42.8 Å². The average Bonchev–Trinajstić information content (AvgIpc) is 2.80. The van der Waals surface area contributed by atoms with Crippen molar-refractivity contribution in [3.63, 3.8) is 0 Å². The molecule has 3 nitrogen and oxygen atoms in total. The van der Waals surface area contributed by atoms with Gasteiger partial charge in [0.1, 0.15) is 0 Å². The summed E-state index contributed by atoms with van der Waals surface area (Å²) < 4.78 is 5.66. The lowest BCUT2D eigenvalue weighted by Crippen LogP contribution is -2.57. The Morgan fingerprint density at radius 3 is 2.76 bits per heavy atom. The van der Waals surface area contributed by atoms with Crippen molar-refractivity contribution in [2.75, 3.05) is 26.3 Å². The molecule has 100 valence electrons. The van der Waals surface area contributed by atoms with Gasteiger partial charge in [0.05, 0.1) is 12.1 Å². The third kappa shape index (κ3) is 2.67. The third-order valence-electron chi connectivity index (χ3n) is 4.76. The van der Waals surface area contributed by atoms with Gasteiger partial charge in [0, 0.05) is 19.2 Å². The van der Waals surface area contributed by atoms with E-state index >= 15 is 0 Å². The molecule has 2 aliphatic rings. The molecule has 0 spiro atoms. The molecule has 2 rings (SSSR count). The molecule has 2 fully saturated rings. The second kappa shape index (κ2) is 5.68. The molecule has 3 unspecified atom stereocenters. The van der Waals surface area contributed by atoms with Crippen LogP contribution in [-0.2, 0) is 4.74 Å². The van der Waals surface area contributed by atoms with Gasteiger partial charge in [-0.15, -0.1) is 0 Å². The molecule has 0 bridgehead atoms. The Bertz CT molecular complexity index is 246. The molecule has 1 saturated carbocycles. The Morgan fingerprint density at radius 1 is 1.29 bits per heavy atom. The van der Waals surface area contributed by atoms with Gasteiger partial charge in [-0.25, -0.2) is 0 Å². The van der Waals surface area contributed by atoms with Gasteiger partial charge in [0.15, 0.2) is 0 Å². The van der Waals surface area contributed by atoms with Gasteiger partial charge < -0.3 is 10.5 Å². The van der Waals surface area contributed by atoms with E-state index < -0.39 is 0 Å². The molecule has 0 radical (unpaired) electrons. The van der Waals surface area contributed by atoms with Crippen LogP contribution in [0.5, 0.6) is 0 Å². The summed E-state index contributed by atoms with van der Waals surface area (Å²) in [5.74, 6) is 0.927. The van der Waals surface area contributed by atoms with Gasteiger partial charge in [-0.1, -0.05) is 12.8 Å². The van der Waals surface area contributed by atoms with E-state index in [2.05, 4.69) is 18.7 Å². The first-order valence-electron chi connectivity index (χ1n) is 7.26. The summed E-state index contributed by atoms with van der Waals surface area (Å²) in [6.45, 7) is 7.83. The molecule has 0 amide bonds. The zero-order chi connectivity index (χ0) is 12.3. The van der Waals surface area contributed by atoms with Gasteiger partial charge in [0.25, 0.3) is 0 Å². The number of rotatable bonds is 5. The van der Waals surface area contributed by atoms with Crippen molar-refractivity contribution in [1.82, 2.24) is 4.90 Å². The summed E-state index contributed by atoms with van der Waals surface area (Å²) in [7, 11) is 0. The molecule has 2 N–H and O–H groups in total. The quantitative estimate of drug-likeness (QED) is 0.799. The second-order valence-corrected chi connectivity index (χ2v) is 5.93. The van der Waals surface area contributed by atoms with Crippen LogP contribution in [0.3, 0.4) is 0 Å². The molecule has 0 aromatic rings. The fourth-order valence-corrected chi connectivity index (χ4v) is 3.66. The summed E-state index contributed by atoms with van der Waals surface area (Å²) in [6.07, 6.45) is 6.99. The highest BCUT2D eigenvalue weighted by Crippen LogP contribution is 2.39. The number of nitrogens with two attached hydrogens (primary N) is 1. The fourth-order valence-electron chi connectivity index (χ4n) is 3.66. The average molecular weight is 240 g/mol. The number of ether oxygens (including phenoxy) is 1. The molecule has 1 saturated heterocycles. The van der Waals surface area contributed by atoms with E-state index in [1.807, 2.05) is 0 Å². The predicted molar refractivity (Wildman–Crippen MR) is 71.0 cm³/mol. The maximum Gasteiger partial charge on any atom is 0.0660 e. The van der Waals surface area contributed by atoms with Crippen molar-refractivity contribution in [1.29, 1.82) is 0 Å². The predicted octanol–water partition coefficient (Wildman–Crippen LogP) is 2.00. The summed E-state index contributed by atoms with van der Waals surface area (Å²) in [5.41, 5.74) is 6.08. The number of fused-ring (bicyclic) bond motifs is 1. The number of likely N-dealkylation sites (tertiary alicyclic amines) is 1. The highest BCUT2D eigenvalue weighted by atomic mass is 16.5. The Morgan fingerprint density at radius 2 is 2.06 bits per heavy atom. The van der Waals surface area contributed by atoms with Crippen molar-refractivity contribution in [2.24, 2.45) is 11.7 Å². The molecular formula is C14H28N2O. The van der Waals surface area contributed by atoms with Crippen LogP contribution >= 0.6 is 0 Å². The van der Waals surface area contributed by atoms with Crippen LogP contribution in [0.15, 0.2) is 0 Å². The van der Waals surface area contributed by atoms with Crippen molar-refractivity contribution in [3.8, 4) is 0 Å². The van der Waals surface area contributed by atoms with E-state index in [1.54, 1.807) is 0 Å². The first-order chi connectivity index (χ1) is 8.21. The van der Waals surface area contributed by atoms with Gasteiger partial charge in [0.2, 0.25) is 0 Å². The summed E-state index contributed by atoms with van der Waals surface area (Å²) >= 11 is 0. The normalized spacial score (nSPS) is 33.4. The van der Waals surface area contributed by atoms with Crippen molar-refractivity contribution in [3.05, 3.63) is 0 Å². The van der Waals surface area contributed by atoms with Gasteiger partial charge in [-0.05, 0) is 45.6 Å². The van der Waals surface area contributed by atoms with Gasteiger partial charge in [-0.2, -0.15) is 0 Å². The van der Waals surface area contributed by atoms with Crippen LogP contribution < -0.4 is 5.73 Å². The number of hydrogen-bond donors (Lipinski definition) is 1. The van der Waals surface area contributed by atoms with Crippen LogP contribution in [0.2, 0.25) is 0 Å². The Hall–Kier alpha value is -0.120. The van der Waals surface area contributed by atoms with E-state index in [0.29, 0.717) is 6.54 Å². The molecule has 3 atom stereocenters. The second-order valence-electron chi connectivity index (χ2n) is 5.93. The zero-order valence-corrected chi connectivity index (χ0v) is 11.5. The Balaban J connectivity index is 2.03. The van der Waals surface area contributed by atoms with E-state index in [0.717, 1.165) is 25.2 Å². The van der Waals surface area contributed by atoms with Crippen LogP contribution in [0, 0.1) is 5.92 Å². The van der Waals surface area contributed by atoms with Crippen molar-refractivity contribution < 1.29 is 4.74 Å². The molecule has 1 aliphatic heterocycles. The first kappa shape index (κ1) is 13.3. The lowest BCUT2D eigenvalue weighted by molar-refractivity contribution is -0.00749. The van der Waals surface area contributed by atoms with Gasteiger partial charge >= 0.3 is 0 Å². The molecule has 3 heteroatoms. The van der Waals surface area contributed by atoms with E-state index in [4.69, 9.17) is 10.5 Å². The van der Waals surface area contributed by atoms with Crippen LogP contribution in [0.25, 0.3) is 0 Å². The smallest absolute Gasteiger partial charge is 0.0660 e. The zero-order valence-electron chi connectivity index (χ0n) is 11.5. The molecule has 1 heterocycles. The molecule has 0 aromatic heterocycles. The minimum Gasteiger partial charge on any atom is -0.380 e. The molecule has 1 aliphatic carbocycles. The molecular weight excluding hydrogens is 212 g/mol. The number of hydrogen-bond acceptors (Lipinski definition) is 3. The summed E-state index contributed by atoms with van der Waals surface area (Å²) in [5, 5.41) is 0. The third-order valence-corrected chi connectivity index (χ3v) is 4.76. The number of nitrogens with zero attached hydrogens (tertiary/aromatic N) is 1. The van der Waals surface area contributed by atoms with E-state index in [1.165, 1.54) is 38.6 Å². The molecule has 0 aromatic carbocycles. The van der Waals surface area contributed by atoms with Crippen molar-refractivity contribution in [2.45, 2.75) is 57.5 Å². The maximum atomic E-state index is 6.03. The minimum absolute atomic E-state index is 0.0484. The Kier molecular flexibility index (Phi) is 4.45. The van der Waals surface area contributed by atoms with Gasteiger partial charge in [-0.3, -0.25) is 4.90 Å². The summed E-state index contributed by atoms with van der Waals surface area (Å²) in [4.78, 5) is 2.66. The first-order valence-corrected chi connectivity index (χ1v) is 7.26. The Labute approximate surface area is 106 Å². The lowest BCUT2D eigenvalue weighted by Gasteiger charge is -2.43.